The van der Waals surface area contributed by atoms with Crippen molar-refractivity contribution in [2.75, 3.05) is 28.6 Å². The van der Waals surface area contributed by atoms with Crippen molar-refractivity contribution in [3.63, 3.8) is 0 Å². The van der Waals surface area contributed by atoms with Crippen LogP contribution in [0.25, 0.3) is 21.9 Å². The third kappa shape index (κ3) is 5.26. The summed E-state index contributed by atoms with van der Waals surface area (Å²) in [6.45, 7) is 1.54. The second-order valence-electron chi connectivity index (χ2n) is 11.7. The van der Waals surface area contributed by atoms with Crippen LogP contribution in [0, 0.1) is 0 Å². The summed E-state index contributed by atoms with van der Waals surface area (Å²) in [4.78, 5) is 47.8. The van der Waals surface area contributed by atoms with Crippen molar-refractivity contribution >= 4 is 68.5 Å². The van der Waals surface area contributed by atoms with Gasteiger partial charge in [0.05, 0.1) is 34.4 Å². The number of halogens is 1. The SMILES string of the molecule is Cn1nc(C2CCC(=O)NC2=O)c2ccc(NC3CCN(c4ncc(Cl)c(Nc5ccc6c(c5)n(C)c(=O)n6C)n4)CC3)cc21. The smallest absolute Gasteiger partial charge is 0.328 e. The average Bonchev–Trinajstić information content (AvgIpc) is 3.46. The van der Waals surface area contributed by atoms with Crippen molar-refractivity contribution in [1.82, 2.24) is 34.2 Å². The molecule has 0 radical (unpaired) electrons. The number of carbonyl (C=O) groups excluding carboxylic acids is 2. The topological polar surface area (TPSA) is 144 Å². The summed E-state index contributed by atoms with van der Waals surface area (Å²) >= 11 is 6.47. The maximum Gasteiger partial charge on any atom is 0.328 e. The molecule has 14 heteroatoms. The summed E-state index contributed by atoms with van der Waals surface area (Å²) in [6.07, 6.45) is 4.17. The number of nitrogens with zero attached hydrogens (tertiary/aromatic N) is 7. The van der Waals surface area contributed by atoms with Crippen molar-refractivity contribution in [3.8, 4) is 0 Å². The van der Waals surface area contributed by atoms with Crippen LogP contribution in [0.2, 0.25) is 5.02 Å². The fourth-order valence-corrected chi connectivity index (χ4v) is 6.50. The first-order valence-electron chi connectivity index (χ1n) is 14.9. The van der Waals surface area contributed by atoms with Gasteiger partial charge >= 0.3 is 5.69 Å². The maximum absolute atomic E-state index is 12.5. The molecule has 5 heterocycles. The number of nitrogens with one attached hydrogen (secondary N) is 3. The monoisotopic (exact) mass is 628 g/mol. The molecule has 2 aliphatic rings. The van der Waals surface area contributed by atoms with Crippen molar-refractivity contribution in [2.24, 2.45) is 21.1 Å². The molecule has 2 saturated heterocycles. The quantitative estimate of drug-likeness (QED) is 0.241. The molecule has 1 unspecified atom stereocenters. The number of rotatable bonds is 6. The van der Waals surface area contributed by atoms with E-state index in [1.807, 2.05) is 37.4 Å². The predicted octanol–water partition coefficient (Wildman–Crippen LogP) is 3.55. The molecule has 0 bridgehead atoms. The number of anilines is 4. The Balaban J connectivity index is 1.02. The summed E-state index contributed by atoms with van der Waals surface area (Å²) in [5.41, 5.74) is 4.97. The molecule has 2 aromatic carbocycles. The molecule has 232 valence electrons. The van der Waals surface area contributed by atoms with E-state index in [2.05, 4.69) is 37.0 Å². The molecule has 3 aromatic heterocycles. The van der Waals surface area contributed by atoms with Crippen LogP contribution < -0.4 is 26.5 Å². The molecule has 0 spiro atoms. The van der Waals surface area contributed by atoms with Crippen molar-refractivity contribution in [1.29, 1.82) is 0 Å². The van der Waals surface area contributed by atoms with Crippen molar-refractivity contribution in [2.45, 2.75) is 37.6 Å². The molecule has 2 amide bonds. The van der Waals surface area contributed by atoms with Gasteiger partial charge in [-0.15, -0.1) is 0 Å². The van der Waals surface area contributed by atoms with Gasteiger partial charge in [-0.05, 0) is 55.7 Å². The third-order valence-corrected chi connectivity index (χ3v) is 9.14. The molecule has 0 saturated carbocycles. The Morgan fingerprint density at radius 2 is 1.64 bits per heavy atom. The first-order chi connectivity index (χ1) is 21.7. The Morgan fingerprint density at radius 1 is 0.911 bits per heavy atom. The second kappa shape index (κ2) is 11.2. The van der Waals surface area contributed by atoms with Crippen LogP contribution >= 0.6 is 11.6 Å². The van der Waals surface area contributed by atoms with Crippen molar-refractivity contribution in [3.05, 3.63) is 63.8 Å². The number of hydrogen-bond acceptors (Lipinski definition) is 9. The number of aryl methyl sites for hydroxylation is 3. The van der Waals surface area contributed by atoms with Gasteiger partial charge in [-0.25, -0.2) is 9.78 Å². The number of piperidine rings is 2. The lowest BCUT2D eigenvalue weighted by atomic mass is 9.93. The highest BCUT2D eigenvalue weighted by molar-refractivity contribution is 6.32. The van der Waals surface area contributed by atoms with Gasteiger partial charge in [0.25, 0.3) is 0 Å². The van der Waals surface area contributed by atoms with E-state index >= 15 is 0 Å². The van der Waals surface area contributed by atoms with Crippen LogP contribution in [-0.2, 0) is 30.7 Å². The number of aromatic nitrogens is 6. The van der Waals surface area contributed by atoms with Gasteiger partial charge in [0.15, 0.2) is 5.82 Å². The Labute approximate surface area is 263 Å². The lowest BCUT2D eigenvalue weighted by Gasteiger charge is -2.33. The maximum atomic E-state index is 12.5. The van der Waals surface area contributed by atoms with Crippen LogP contribution in [0.15, 0.2) is 47.4 Å². The summed E-state index contributed by atoms with van der Waals surface area (Å²) in [6, 6.07) is 12.1. The molecule has 3 N–H and O–H groups in total. The molecule has 0 aliphatic carbocycles. The average molecular weight is 629 g/mol. The summed E-state index contributed by atoms with van der Waals surface area (Å²) in [5, 5.41) is 15.4. The first-order valence-corrected chi connectivity index (χ1v) is 15.3. The second-order valence-corrected chi connectivity index (χ2v) is 12.2. The fourth-order valence-electron chi connectivity index (χ4n) is 6.37. The summed E-state index contributed by atoms with van der Waals surface area (Å²) in [5.74, 6) is 0.164. The standard InChI is InChI=1S/C31H33ClN10O3/c1-39-23-8-5-19(15-25(23)40(2)31(39)45)35-28-22(32)16-33-30(37-28)42-12-10-17(11-13-42)34-18-4-6-20-24(14-18)41(3)38-27(20)21-7-9-26(43)36-29(21)44/h4-6,8,14-17,21,34H,7,9-13H2,1-3H3,(H,33,35,37)(H,36,43,44). The van der Waals surface area contributed by atoms with E-state index < -0.39 is 5.92 Å². The van der Waals surface area contributed by atoms with Gasteiger partial charge in [0.1, 0.15) is 5.02 Å². The molecular formula is C31H33ClN10O3. The van der Waals surface area contributed by atoms with E-state index in [1.54, 1.807) is 34.1 Å². The third-order valence-electron chi connectivity index (χ3n) is 8.86. The van der Waals surface area contributed by atoms with Crippen LogP contribution in [0.4, 0.5) is 23.1 Å². The van der Waals surface area contributed by atoms with Crippen LogP contribution in [-0.4, -0.2) is 59.8 Å². The zero-order chi connectivity index (χ0) is 31.4. The number of fused-ring (bicyclic) bond motifs is 2. The molecule has 2 fully saturated rings. The van der Waals surface area contributed by atoms with Gasteiger partial charge < -0.3 is 15.5 Å². The van der Waals surface area contributed by atoms with E-state index in [1.165, 1.54) is 0 Å². The van der Waals surface area contributed by atoms with Crippen LogP contribution in [0.3, 0.4) is 0 Å². The molecule has 7 rings (SSSR count). The van der Waals surface area contributed by atoms with E-state index in [0.29, 0.717) is 35.3 Å². The van der Waals surface area contributed by atoms with Crippen molar-refractivity contribution < 1.29 is 9.59 Å². The van der Waals surface area contributed by atoms with E-state index in [0.717, 1.165) is 59.2 Å². The Bertz CT molecular complexity index is 2040. The Kier molecular flexibility index (Phi) is 7.19. The fraction of sp³-hybridized carbons (Fsp3) is 0.355. The van der Waals surface area contributed by atoms with Gasteiger partial charge in [-0.3, -0.25) is 28.7 Å². The lowest BCUT2D eigenvalue weighted by Crippen LogP contribution is -2.40. The van der Waals surface area contributed by atoms with E-state index in [-0.39, 0.29) is 23.5 Å². The highest BCUT2D eigenvalue weighted by atomic mass is 35.5. The van der Waals surface area contributed by atoms with Gasteiger partial charge in [-0.1, -0.05) is 11.6 Å². The first kappa shape index (κ1) is 28.8. The number of carbonyl (C=O) groups is 2. The summed E-state index contributed by atoms with van der Waals surface area (Å²) < 4.78 is 5.02. The summed E-state index contributed by atoms with van der Waals surface area (Å²) in [7, 11) is 5.38. The normalized spacial score (nSPS) is 17.7. The van der Waals surface area contributed by atoms with Gasteiger partial charge in [0, 0.05) is 63.5 Å². The van der Waals surface area contributed by atoms with Gasteiger partial charge in [-0.2, -0.15) is 10.1 Å². The molecule has 1 atom stereocenters. The molecule has 45 heavy (non-hydrogen) atoms. The van der Waals surface area contributed by atoms with E-state index in [4.69, 9.17) is 16.6 Å². The molecule has 13 nitrogen and oxygen atoms in total. The zero-order valence-electron chi connectivity index (χ0n) is 25.2. The largest absolute Gasteiger partial charge is 0.382 e. The Hall–Kier alpha value is -4.91. The molecule has 5 aromatic rings. The zero-order valence-corrected chi connectivity index (χ0v) is 25.9. The highest BCUT2D eigenvalue weighted by Gasteiger charge is 2.31. The number of hydrogen-bond donors (Lipinski definition) is 3. The Morgan fingerprint density at radius 3 is 2.42 bits per heavy atom. The lowest BCUT2D eigenvalue weighted by molar-refractivity contribution is -0.134. The van der Waals surface area contributed by atoms with Gasteiger partial charge in [0.2, 0.25) is 17.8 Å². The minimum Gasteiger partial charge on any atom is -0.382 e. The number of imidazole rings is 1. The minimum atomic E-state index is -0.428. The van der Waals surface area contributed by atoms with Crippen LogP contribution in [0.1, 0.15) is 37.3 Å². The molecular weight excluding hydrogens is 596 g/mol. The number of benzene rings is 2. The predicted molar refractivity (Wildman–Crippen MR) is 173 cm³/mol. The molecule has 2 aliphatic heterocycles. The number of amides is 2. The highest BCUT2D eigenvalue weighted by Crippen LogP contribution is 2.32. The van der Waals surface area contributed by atoms with E-state index in [9.17, 15) is 14.4 Å². The number of imide groups is 1. The minimum absolute atomic E-state index is 0.0844. The van der Waals surface area contributed by atoms with Crippen LogP contribution in [0.5, 0.6) is 0 Å².